The molecule has 0 nitrogen and oxygen atoms in total. The molecule has 0 fully saturated rings. The predicted octanol–water partition coefficient (Wildman–Crippen LogP) is 5.43. The minimum Gasteiger partial charge on any atom is -0.0839 e. The van der Waals surface area contributed by atoms with Crippen LogP contribution in [-0.2, 0) is 0 Å². The number of allylic oxidation sites excluding steroid dienone is 7. The van der Waals surface area contributed by atoms with Gasteiger partial charge in [0.15, 0.2) is 0 Å². The summed E-state index contributed by atoms with van der Waals surface area (Å²) in [5.41, 5.74) is 9.08. The molecule has 0 N–H and O–H groups in total. The fourth-order valence-corrected chi connectivity index (χ4v) is 5.59. The van der Waals surface area contributed by atoms with Crippen molar-refractivity contribution in [3.8, 4) is 0 Å². The minimum absolute atomic E-state index is 0.447. The second-order valence-corrected chi connectivity index (χ2v) is 8.32. The van der Waals surface area contributed by atoms with Crippen molar-refractivity contribution in [2.45, 2.75) is 31.6 Å². The Morgan fingerprint density at radius 3 is 2.71 bits per heavy atom. The summed E-state index contributed by atoms with van der Waals surface area (Å²) in [4.78, 5) is 0. The second kappa shape index (κ2) is 6.34. The Morgan fingerprint density at radius 2 is 1.71 bits per heavy atom. The largest absolute Gasteiger partial charge is 0.0839 e. The first kappa shape index (κ1) is 16.1. The molecule has 2 aromatic carbocycles. The van der Waals surface area contributed by atoms with E-state index in [0.29, 0.717) is 11.8 Å². The van der Waals surface area contributed by atoms with Gasteiger partial charge in [-0.15, -0.1) is 0 Å². The van der Waals surface area contributed by atoms with E-state index < -0.39 is 0 Å². The lowest BCUT2D eigenvalue weighted by molar-refractivity contribution is 0.626. The Kier molecular flexibility index (Phi) is 3.65. The van der Waals surface area contributed by atoms with Crippen molar-refractivity contribution < 1.29 is 0 Å². The topological polar surface area (TPSA) is 0 Å². The number of benzene rings is 2. The number of fused-ring (bicyclic) bond motifs is 5. The van der Waals surface area contributed by atoms with E-state index in [1.165, 1.54) is 34.4 Å². The van der Waals surface area contributed by atoms with Crippen molar-refractivity contribution in [2.24, 2.45) is 5.92 Å². The smallest absolute Gasteiger partial charge is 0.0199 e. The van der Waals surface area contributed by atoms with Crippen LogP contribution in [0.2, 0.25) is 0 Å². The van der Waals surface area contributed by atoms with Crippen LogP contribution in [0.25, 0.3) is 17.7 Å². The monoisotopic (exact) mass is 360 g/mol. The van der Waals surface area contributed by atoms with Crippen LogP contribution >= 0.6 is 0 Å². The Bertz CT molecular complexity index is 1210. The van der Waals surface area contributed by atoms with Gasteiger partial charge in [-0.1, -0.05) is 85.0 Å². The van der Waals surface area contributed by atoms with E-state index in [0.717, 1.165) is 12.8 Å². The molecule has 28 heavy (non-hydrogen) atoms. The van der Waals surface area contributed by atoms with E-state index >= 15 is 0 Å². The van der Waals surface area contributed by atoms with Crippen LogP contribution in [0.1, 0.15) is 42.7 Å². The van der Waals surface area contributed by atoms with Gasteiger partial charge >= 0.3 is 0 Å². The van der Waals surface area contributed by atoms with Crippen molar-refractivity contribution in [3.63, 3.8) is 0 Å². The molecule has 0 heteroatoms. The first-order chi connectivity index (χ1) is 13.9. The average molecular weight is 361 g/mol. The molecule has 2 aromatic rings. The number of hydrogen-bond donors (Lipinski definition) is 0. The van der Waals surface area contributed by atoms with Gasteiger partial charge in [-0.05, 0) is 69.5 Å². The van der Waals surface area contributed by atoms with Gasteiger partial charge in [-0.25, -0.2) is 0 Å². The first-order valence-corrected chi connectivity index (χ1v) is 10.6. The van der Waals surface area contributed by atoms with E-state index in [-0.39, 0.29) is 0 Å². The Hall–Kier alpha value is -2.86. The molecule has 6 rings (SSSR count). The van der Waals surface area contributed by atoms with E-state index in [1.54, 1.807) is 22.3 Å². The fourth-order valence-electron chi connectivity index (χ4n) is 5.59. The van der Waals surface area contributed by atoms with Gasteiger partial charge in [-0.2, -0.15) is 0 Å². The molecular formula is C28H24. The van der Waals surface area contributed by atoms with Crippen LogP contribution in [0.5, 0.6) is 0 Å². The zero-order chi connectivity index (χ0) is 18.5. The highest BCUT2D eigenvalue weighted by molar-refractivity contribution is 5.82. The third kappa shape index (κ3) is 2.37. The van der Waals surface area contributed by atoms with Crippen molar-refractivity contribution in [1.82, 2.24) is 0 Å². The van der Waals surface area contributed by atoms with Gasteiger partial charge in [0.2, 0.25) is 0 Å². The molecule has 0 amide bonds. The van der Waals surface area contributed by atoms with E-state index in [4.69, 9.17) is 0 Å². The molecule has 0 radical (unpaired) electrons. The minimum atomic E-state index is 0.447. The summed E-state index contributed by atoms with van der Waals surface area (Å²) in [6.07, 6.45) is 19.2. The maximum Gasteiger partial charge on any atom is 0.0199 e. The van der Waals surface area contributed by atoms with Gasteiger partial charge in [-0.3, -0.25) is 0 Å². The van der Waals surface area contributed by atoms with Crippen LogP contribution in [-0.4, -0.2) is 0 Å². The van der Waals surface area contributed by atoms with Crippen LogP contribution in [0.15, 0.2) is 89.6 Å². The van der Waals surface area contributed by atoms with Gasteiger partial charge in [0.25, 0.3) is 0 Å². The maximum atomic E-state index is 2.50. The molecule has 0 spiro atoms. The van der Waals surface area contributed by atoms with E-state index in [2.05, 4.69) is 85.0 Å². The molecular weight excluding hydrogens is 336 g/mol. The van der Waals surface area contributed by atoms with Crippen molar-refractivity contribution in [3.05, 3.63) is 111 Å². The quantitative estimate of drug-likeness (QED) is 0.636. The number of rotatable bonds is 1. The summed E-state index contributed by atoms with van der Waals surface area (Å²) >= 11 is 0. The molecule has 0 heterocycles. The third-order valence-corrected chi connectivity index (χ3v) is 6.84. The maximum absolute atomic E-state index is 2.50. The lowest BCUT2D eigenvalue weighted by Gasteiger charge is -2.39. The molecule has 0 saturated carbocycles. The van der Waals surface area contributed by atoms with Gasteiger partial charge < -0.3 is 0 Å². The summed E-state index contributed by atoms with van der Waals surface area (Å²) in [6, 6.07) is 18.0. The number of hydrogen-bond acceptors (Lipinski definition) is 0. The third-order valence-electron chi connectivity index (χ3n) is 6.84. The standard InChI is InChI=1S/C28H24/c1-4-12-22-19(8-1)11-7-15-25(22)27-18-21-10-3-5-13-23(21)26-17-16-20-9-2-6-14-24(20)28(26)27/h1,3-6,8,10-14,16-18,26,28H,2,7,9,15H2. The highest BCUT2D eigenvalue weighted by Crippen LogP contribution is 2.50. The summed E-state index contributed by atoms with van der Waals surface area (Å²) in [6.45, 7) is 0. The Balaban J connectivity index is 1.65. The van der Waals surface area contributed by atoms with Gasteiger partial charge in [0.05, 0.1) is 0 Å². The van der Waals surface area contributed by atoms with Gasteiger partial charge in [0, 0.05) is 11.8 Å². The molecule has 0 aliphatic heterocycles. The normalized spacial score (nSPS) is 24.6. The van der Waals surface area contributed by atoms with Crippen LogP contribution in [0.3, 0.4) is 0 Å². The Morgan fingerprint density at radius 1 is 0.821 bits per heavy atom. The van der Waals surface area contributed by atoms with Crippen molar-refractivity contribution >= 4 is 17.7 Å². The first-order valence-electron chi connectivity index (χ1n) is 10.6. The molecule has 2 atom stereocenters. The van der Waals surface area contributed by atoms with E-state index in [1.807, 2.05) is 0 Å². The lowest BCUT2D eigenvalue weighted by atomic mass is 9.64. The summed E-state index contributed by atoms with van der Waals surface area (Å²) in [7, 11) is 0. The molecule has 4 aliphatic carbocycles. The fraction of sp³-hybridized carbons (Fsp3) is 0.214. The van der Waals surface area contributed by atoms with Crippen molar-refractivity contribution in [2.75, 3.05) is 0 Å². The van der Waals surface area contributed by atoms with Crippen molar-refractivity contribution in [1.29, 1.82) is 0 Å². The molecule has 136 valence electrons. The lowest BCUT2D eigenvalue weighted by Crippen LogP contribution is -2.33. The van der Waals surface area contributed by atoms with E-state index in [9.17, 15) is 0 Å². The molecule has 2 unspecified atom stereocenters. The zero-order valence-electron chi connectivity index (χ0n) is 16.1. The van der Waals surface area contributed by atoms with Gasteiger partial charge in [0.1, 0.15) is 0 Å². The zero-order valence-corrected chi connectivity index (χ0v) is 16.1. The molecule has 0 bridgehead atoms. The average Bonchev–Trinajstić information content (AvgIpc) is 2.78. The highest BCUT2D eigenvalue weighted by Gasteiger charge is 2.36. The highest BCUT2D eigenvalue weighted by atomic mass is 14.4. The van der Waals surface area contributed by atoms with Crippen LogP contribution < -0.4 is 10.4 Å². The molecule has 4 aliphatic rings. The molecule has 0 saturated heterocycles. The van der Waals surface area contributed by atoms with Crippen LogP contribution in [0.4, 0.5) is 0 Å². The second-order valence-electron chi connectivity index (χ2n) is 8.32. The SMILES string of the molecule is C1=CC2=C(C=CC3c4ccccc4C=C(C4=c5ccccc5=CCC4)C23)CC1. The summed E-state index contributed by atoms with van der Waals surface area (Å²) in [5.74, 6) is 0.899. The summed E-state index contributed by atoms with van der Waals surface area (Å²) < 4.78 is 0. The summed E-state index contributed by atoms with van der Waals surface area (Å²) in [5, 5.41) is 2.84. The predicted molar refractivity (Wildman–Crippen MR) is 118 cm³/mol. The van der Waals surface area contributed by atoms with Crippen LogP contribution in [0, 0.1) is 5.92 Å². The Labute approximate surface area is 166 Å². The molecule has 0 aromatic heterocycles.